The van der Waals surface area contributed by atoms with Crippen molar-refractivity contribution in [3.8, 4) is 0 Å². The largest absolute Gasteiger partial charge is 0.374 e. The number of hydrogen-bond donors (Lipinski definition) is 1. The smallest absolute Gasteiger partial charge is 0.0990 e. The van der Waals surface area contributed by atoms with Gasteiger partial charge in [0.05, 0.1) is 17.8 Å². The molecule has 16 heavy (non-hydrogen) atoms. The lowest BCUT2D eigenvalue weighted by Gasteiger charge is -2.46. The van der Waals surface area contributed by atoms with E-state index in [1.807, 2.05) is 6.92 Å². The fourth-order valence-corrected chi connectivity index (χ4v) is 2.10. The highest BCUT2D eigenvalue weighted by molar-refractivity contribution is 4.98. The first-order valence-electron chi connectivity index (χ1n) is 6.50. The second-order valence-electron chi connectivity index (χ2n) is 5.48. The van der Waals surface area contributed by atoms with E-state index >= 15 is 0 Å². The number of nitrogens with one attached hydrogen (secondary N) is 1. The quantitative estimate of drug-likeness (QED) is 0.758. The highest BCUT2D eigenvalue weighted by atomic mass is 16.6. The predicted octanol–water partition coefficient (Wildman–Crippen LogP) is 2.35. The fraction of sp³-hybridized carbons (Fsp3) is 1.00. The Balaban J connectivity index is 2.38. The summed E-state index contributed by atoms with van der Waals surface area (Å²) < 4.78 is 11.7. The van der Waals surface area contributed by atoms with Gasteiger partial charge >= 0.3 is 0 Å². The molecule has 1 aliphatic carbocycles. The van der Waals surface area contributed by atoms with Crippen molar-refractivity contribution in [1.82, 2.24) is 5.32 Å². The average Bonchev–Trinajstić information content (AvgIpc) is 2.17. The van der Waals surface area contributed by atoms with Crippen molar-refractivity contribution in [2.45, 2.75) is 71.3 Å². The van der Waals surface area contributed by atoms with Crippen LogP contribution in [0.3, 0.4) is 0 Å². The van der Waals surface area contributed by atoms with Gasteiger partial charge in [0.25, 0.3) is 0 Å². The van der Waals surface area contributed by atoms with Crippen molar-refractivity contribution in [2.75, 3.05) is 13.2 Å². The summed E-state index contributed by atoms with van der Waals surface area (Å²) in [7, 11) is 0. The molecule has 1 N–H and O–H groups in total. The molecule has 3 atom stereocenters. The van der Waals surface area contributed by atoms with Crippen LogP contribution in [0.15, 0.2) is 0 Å². The van der Waals surface area contributed by atoms with Crippen LogP contribution in [0, 0.1) is 0 Å². The van der Waals surface area contributed by atoms with E-state index in [0.717, 1.165) is 19.6 Å². The van der Waals surface area contributed by atoms with E-state index in [0.29, 0.717) is 6.04 Å². The van der Waals surface area contributed by atoms with Crippen LogP contribution in [0.2, 0.25) is 0 Å². The summed E-state index contributed by atoms with van der Waals surface area (Å²) in [5, 5.41) is 3.51. The molecular weight excluding hydrogens is 202 g/mol. The molecule has 3 nitrogen and oxygen atoms in total. The third-order valence-corrected chi connectivity index (χ3v) is 2.77. The van der Waals surface area contributed by atoms with E-state index in [-0.39, 0.29) is 17.8 Å². The van der Waals surface area contributed by atoms with Gasteiger partial charge in [-0.2, -0.15) is 0 Å². The number of ether oxygens (including phenoxy) is 2. The van der Waals surface area contributed by atoms with Gasteiger partial charge in [-0.15, -0.1) is 0 Å². The minimum absolute atomic E-state index is 0.0737. The van der Waals surface area contributed by atoms with Crippen LogP contribution in [0.25, 0.3) is 0 Å². The summed E-state index contributed by atoms with van der Waals surface area (Å²) in [6.07, 6.45) is 2.73. The molecule has 0 aromatic heterocycles. The van der Waals surface area contributed by atoms with Gasteiger partial charge in [-0.25, -0.2) is 0 Å². The number of hydrogen-bond acceptors (Lipinski definition) is 3. The summed E-state index contributed by atoms with van der Waals surface area (Å²) in [5.74, 6) is 0. The molecule has 1 fully saturated rings. The molecule has 1 aliphatic rings. The molecule has 0 aromatic carbocycles. The zero-order valence-electron chi connectivity index (χ0n) is 11.4. The van der Waals surface area contributed by atoms with Gasteiger partial charge in [0.2, 0.25) is 0 Å². The molecule has 96 valence electrons. The van der Waals surface area contributed by atoms with Crippen molar-refractivity contribution in [3.63, 3.8) is 0 Å². The normalized spacial score (nSPS) is 30.2. The Morgan fingerprint density at radius 1 is 1.25 bits per heavy atom. The van der Waals surface area contributed by atoms with Crippen LogP contribution in [-0.4, -0.2) is 37.0 Å². The van der Waals surface area contributed by atoms with Crippen molar-refractivity contribution in [3.05, 3.63) is 0 Å². The van der Waals surface area contributed by atoms with Crippen molar-refractivity contribution in [2.24, 2.45) is 0 Å². The Morgan fingerprint density at radius 2 is 1.94 bits per heavy atom. The van der Waals surface area contributed by atoms with Crippen LogP contribution in [0.5, 0.6) is 0 Å². The van der Waals surface area contributed by atoms with Gasteiger partial charge in [-0.3, -0.25) is 0 Å². The van der Waals surface area contributed by atoms with Gasteiger partial charge < -0.3 is 14.8 Å². The highest BCUT2D eigenvalue weighted by Gasteiger charge is 2.43. The van der Waals surface area contributed by atoms with E-state index in [4.69, 9.17) is 9.47 Å². The Bertz CT molecular complexity index is 201. The number of rotatable bonds is 6. The van der Waals surface area contributed by atoms with Crippen LogP contribution < -0.4 is 5.32 Å². The summed E-state index contributed by atoms with van der Waals surface area (Å²) in [6, 6.07) is 0.479. The van der Waals surface area contributed by atoms with E-state index in [2.05, 4.69) is 33.0 Å². The molecule has 0 bridgehead atoms. The maximum Gasteiger partial charge on any atom is 0.0990 e. The Morgan fingerprint density at radius 3 is 2.44 bits per heavy atom. The Hall–Kier alpha value is -0.120. The molecule has 0 aromatic rings. The Labute approximate surface area is 99.9 Å². The molecule has 0 amide bonds. The molecule has 1 rings (SSSR count). The molecule has 0 heterocycles. The minimum atomic E-state index is -0.0737. The van der Waals surface area contributed by atoms with Gasteiger partial charge in [-0.1, -0.05) is 6.92 Å². The summed E-state index contributed by atoms with van der Waals surface area (Å²) >= 11 is 0. The average molecular weight is 229 g/mol. The molecule has 1 saturated carbocycles. The zero-order chi connectivity index (χ0) is 12.2. The monoisotopic (exact) mass is 229 g/mol. The molecule has 0 aliphatic heterocycles. The zero-order valence-corrected chi connectivity index (χ0v) is 11.4. The summed E-state index contributed by atoms with van der Waals surface area (Å²) in [6.45, 7) is 12.4. The topological polar surface area (TPSA) is 30.5 Å². The van der Waals surface area contributed by atoms with Crippen LogP contribution in [0.1, 0.15) is 47.5 Å². The molecule has 0 saturated heterocycles. The van der Waals surface area contributed by atoms with Gasteiger partial charge in [0.15, 0.2) is 0 Å². The second-order valence-corrected chi connectivity index (χ2v) is 5.48. The lowest BCUT2D eigenvalue weighted by Crippen LogP contribution is -2.61. The van der Waals surface area contributed by atoms with Crippen molar-refractivity contribution < 1.29 is 9.47 Å². The minimum Gasteiger partial charge on any atom is -0.374 e. The van der Waals surface area contributed by atoms with E-state index in [9.17, 15) is 0 Å². The van der Waals surface area contributed by atoms with Crippen molar-refractivity contribution >= 4 is 0 Å². The van der Waals surface area contributed by atoms with Crippen LogP contribution >= 0.6 is 0 Å². The maximum absolute atomic E-state index is 5.98. The van der Waals surface area contributed by atoms with Gasteiger partial charge in [0.1, 0.15) is 0 Å². The predicted molar refractivity (Wildman–Crippen MR) is 66.7 cm³/mol. The first kappa shape index (κ1) is 13.9. The van der Waals surface area contributed by atoms with Crippen molar-refractivity contribution in [1.29, 1.82) is 0 Å². The first-order chi connectivity index (χ1) is 7.48. The van der Waals surface area contributed by atoms with Crippen LogP contribution in [0.4, 0.5) is 0 Å². The molecule has 3 unspecified atom stereocenters. The molecule has 0 radical (unpaired) electrons. The fourth-order valence-electron chi connectivity index (χ4n) is 2.10. The SMILES string of the molecule is CCCNC1CC(OC(C)(C)C)C1OCC. The Kier molecular flexibility index (Phi) is 5.22. The molecule has 0 spiro atoms. The third-order valence-electron chi connectivity index (χ3n) is 2.77. The van der Waals surface area contributed by atoms with Gasteiger partial charge in [-0.05, 0) is 47.1 Å². The maximum atomic E-state index is 5.98. The molecular formula is C13H27NO2. The summed E-state index contributed by atoms with van der Waals surface area (Å²) in [4.78, 5) is 0. The van der Waals surface area contributed by atoms with Gasteiger partial charge in [0, 0.05) is 12.6 Å². The third kappa shape index (κ3) is 4.04. The van der Waals surface area contributed by atoms with E-state index in [1.165, 1.54) is 6.42 Å². The lowest BCUT2D eigenvalue weighted by molar-refractivity contribution is -0.185. The lowest BCUT2D eigenvalue weighted by atomic mass is 9.84. The van der Waals surface area contributed by atoms with Crippen LogP contribution in [-0.2, 0) is 9.47 Å². The van der Waals surface area contributed by atoms with E-state index < -0.39 is 0 Å². The standard InChI is InChI=1S/C13H27NO2/c1-6-8-14-10-9-11(12(10)15-7-2)16-13(3,4)5/h10-12,14H,6-9H2,1-5H3. The van der Waals surface area contributed by atoms with E-state index in [1.54, 1.807) is 0 Å². The first-order valence-corrected chi connectivity index (χ1v) is 6.50. The molecule has 3 heteroatoms. The summed E-state index contributed by atoms with van der Waals surface area (Å²) in [5.41, 5.74) is -0.0737. The second kappa shape index (κ2) is 5.99. The highest BCUT2D eigenvalue weighted by Crippen LogP contribution is 2.30.